The Balaban J connectivity index is 1.87. The van der Waals surface area contributed by atoms with Gasteiger partial charge in [0.1, 0.15) is 5.70 Å². The molecule has 3 amide bonds. The van der Waals surface area contributed by atoms with E-state index in [0.29, 0.717) is 11.5 Å². The third kappa shape index (κ3) is 3.79. The zero-order valence-corrected chi connectivity index (χ0v) is 15.8. The van der Waals surface area contributed by atoms with Crippen molar-refractivity contribution in [2.24, 2.45) is 0 Å². The minimum Gasteiger partial charge on any atom is -0.493 e. The lowest BCUT2D eigenvalue weighted by atomic mass is 10.1. The van der Waals surface area contributed by atoms with E-state index in [9.17, 15) is 9.59 Å². The molecule has 0 spiro atoms. The van der Waals surface area contributed by atoms with Crippen LogP contribution in [-0.4, -0.2) is 31.1 Å². The number of nitrogens with one attached hydrogen (secondary N) is 1. The molecule has 0 aromatic heterocycles. The van der Waals surface area contributed by atoms with Crippen LogP contribution in [0.1, 0.15) is 22.3 Å². The molecule has 0 radical (unpaired) electrons. The van der Waals surface area contributed by atoms with Crippen LogP contribution in [0.4, 0.5) is 4.79 Å². The fourth-order valence-corrected chi connectivity index (χ4v) is 2.90. The lowest BCUT2D eigenvalue weighted by Gasteiger charge is -2.12. The number of methoxy groups -OCH3 is 2. The first-order valence-corrected chi connectivity index (χ1v) is 8.55. The summed E-state index contributed by atoms with van der Waals surface area (Å²) < 4.78 is 10.6. The van der Waals surface area contributed by atoms with Crippen LogP contribution in [0.3, 0.4) is 0 Å². The van der Waals surface area contributed by atoms with Crippen LogP contribution in [-0.2, 0) is 11.3 Å². The van der Waals surface area contributed by atoms with E-state index in [1.54, 1.807) is 26.4 Å². The van der Waals surface area contributed by atoms with E-state index in [2.05, 4.69) is 5.32 Å². The van der Waals surface area contributed by atoms with E-state index < -0.39 is 6.03 Å². The van der Waals surface area contributed by atoms with E-state index in [-0.39, 0.29) is 18.1 Å². The van der Waals surface area contributed by atoms with E-state index in [0.717, 1.165) is 22.3 Å². The molecule has 2 aromatic carbocycles. The van der Waals surface area contributed by atoms with Gasteiger partial charge in [0, 0.05) is 0 Å². The van der Waals surface area contributed by atoms with Gasteiger partial charge in [0.05, 0.1) is 20.8 Å². The van der Waals surface area contributed by atoms with Crippen molar-refractivity contribution in [2.45, 2.75) is 20.4 Å². The molecular weight excluding hydrogens is 344 g/mol. The lowest BCUT2D eigenvalue weighted by molar-refractivity contribution is -0.123. The van der Waals surface area contributed by atoms with Gasteiger partial charge in [0.2, 0.25) is 0 Å². The van der Waals surface area contributed by atoms with E-state index in [1.165, 1.54) is 4.90 Å². The summed E-state index contributed by atoms with van der Waals surface area (Å²) >= 11 is 0. The normalized spacial score (nSPS) is 15.3. The van der Waals surface area contributed by atoms with Crippen LogP contribution in [0.15, 0.2) is 42.1 Å². The van der Waals surface area contributed by atoms with Gasteiger partial charge in [-0.1, -0.05) is 29.8 Å². The predicted octanol–water partition coefficient (Wildman–Crippen LogP) is 3.41. The number of imide groups is 1. The number of hydrogen-bond donors (Lipinski definition) is 1. The Morgan fingerprint density at radius 3 is 2.26 bits per heavy atom. The highest BCUT2D eigenvalue weighted by Gasteiger charge is 2.33. The summed E-state index contributed by atoms with van der Waals surface area (Å²) in [6.07, 6.45) is 1.66. The minimum absolute atomic E-state index is 0.229. The highest BCUT2D eigenvalue weighted by Crippen LogP contribution is 2.31. The topological polar surface area (TPSA) is 67.9 Å². The zero-order valence-electron chi connectivity index (χ0n) is 15.8. The summed E-state index contributed by atoms with van der Waals surface area (Å²) in [5.74, 6) is 0.818. The number of rotatable bonds is 5. The standard InChI is InChI=1S/C21H22N2O4/c1-13-5-7-15(8-6-13)12-23-20(24)17(22-21(23)25)10-16-11-19(27-4)18(26-3)9-14(16)2/h5-11H,12H2,1-4H3,(H,22,25)/b17-10-. The largest absolute Gasteiger partial charge is 0.493 e. The molecule has 1 aliphatic heterocycles. The molecule has 0 saturated carbocycles. The Labute approximate surface area is 158 Å². The average Bonchev–Trinajstić information content (AvgIpc) is 2.92. The highest BCUT2D eigenvalue weighted by molar-refractivity contribution is 6.14. The molecule has 0 bridgehead atoms. The van der Waals surface area contributed by atoms with Crippen molar-refractivity contribution in [3.63, 3.8) is 0 Å². The monoisotopic (exact) mass is 366 g/mol. The SMILES string of the molecule is COc1cc(C)c(/C=C2\NC(=O)N(Cc3ccc(C)cc3)C2=O)cc1OC. The van der Waals surface area contributed by atoms with Gasteiger partial charge in [-0.2, -0.15) is 0 Å². The molecule has 3 rings (SSSR count). The molecule has 1 saturated heterocycles. The number of benzene rings is 2. The van der Waals surface area contributed by atoms with Gasteiger partial charge in [0.15, 0.2) is 11.5 Å². The van der Waals surface area contributed by atoms with Gasteiger partial charge in [-0.15, -0.1) is 0 Å². The first kappa shape index (κ1) is 18.5. The van der Waals surface area contributed by atoms with Gasteiger partial charge >= 0.3 is 6.03 Å². The molecule has 1 heterocycles. The lowest BCUT2D eigenvalue weighted by Crippen LogP contribution is -2.30. The van der Waals surface area contributed by atoms with Crippen LogP contribution in [0.5, 0.6) is 11.5 Å². The second kappa shape index (κ2) is 7.53. The summed E-state index contributed by atoms with van der Waals surface area (Å²) in [5, 5.41) is 2.65. The molecule has 1 N–H and O–H groups in total. The molecule has 1 aliphatic rings. The number of ether oxygens (including phenoxy) is 2. The smallest absolute Gasteiger partial charge is 0.329 e. The summed E-state index contributed by atoms with van der Waals surface area (Å²) in [4.78, 5) is 26.2. The number of amides is 3. The molecule has 0 atom stereocenters. The van der Waals surface area contributed by atoms with E-state index >= 15 is 0 Å². The third-order valence-electron chi connectivity index (χ3n) is 4.50. The zero-order chi connectivity index (χ0) is 19.6. The maximum absolute atomic E-state index is 12.7. The quantitative estimate of drug-likeness (QED) is 0.650. The van der Waals surface area contributed by atoms with Crippen molar-refractivity contribution < 1.29 is 19.1 Å². The second-order valence-electron chi connectivity index (χ2n) is 6.43. The van der Waals surface area contributed by atoms with Gasteiger partial charge < -0.3 is 14.8 Å². The van der Waals surface area contributed by atoms with Gasteiger partial charge in [-0.25, -0.2) is 4.79 Å². The maximum Gasteiger partial charge on any atom is 0.329 e. The Morgan fingerprint density at radius 2 is 1.63 bits per heavy atom. The van der Waals surface area contributed by atoms with Crippen molar-refractivity contribution >= 4 is 18.0 Å². The fraction of sp³-hybridized carbons (Fsp3) is 0.238. The number of urea groups is 1. The summed E-state index contributed by atoms with van der Waals surface area (Å²) in [7, 11) is 3.12. The van der Waals surface area contributed by atoms with Crippen molar-refractivity contribution in [1.29, 1.82) is 0 Å². The highest BCUT2D eigenvalue weighted by atomic mass is 16.5. The van der Waals surface area contributed by atoms with Crippen LogP contribution < -0.4 is 14.8 Å². The number of carbonyl (C=O) groups excluding carboxylic acids is 2. The van der Waals surface area contributed by atoms with Crippen molar-refractivity contribution in [3.8, 4) is 11.5 Å². The molecule has 27 heavy (non-hydrogen) atoms. The first-order chi connectivity index (χ1) is 12.9. The molecule has 6 heteroatoms. The molecule has 0 aliphatic carbocycles. The van der Waals surface area contributed by atoms with Crippen molar-refractivity contribution in [2.75, 3.05) is 14.2 Å². The van der Waals surface area contributed by atoms with Crippen molar-refractivity contribution in [3.05, 3.63) is 64.3 Å². The van der Waals surface area contributed by atoms with Crippen LogP contribution >= 0.6 is 0 Å². The fourth-order valence-electron chi connectivity index (χ4n) is 2.90. The minimum atomic E-state index is -0.426. The summed E-state index contributed by atoms with van der Waals surface area (Å²) in [6.45, 7) is 4.12. The summed E-state index contributed by atoms with van der Waals surface area (Å²) in [5.41, 5.74) is 3.93. The number of carbonyl (C=O) groups is 2. The third-order valence-corrected chi connectivity index (χ3v) is 4.50. The predicted molar refractivity (Wildman–Crippen MR) is 103 cm³/mol. The van der Waals surface area contributed by atoms with Gasteiger partial charge in [-0.05, 0) is 48.7 Å². The second-order valence-corrected chi connectivity index (χ2v) is 6.43. The number of nitrogens with zero attached hydrogens (tertiary/aromatic N) is 1. The van der Waals surface area contributed by atoms with Crippen LogP contribution in [0.2, 0.25) is 0 Å². The maximum atomic E-state index is 12.7. The molecule has 0 unspecified atom stereocenters. The number of hydrogen-bond acceptors (Lipinski definition) is 4. The van der Waals surface area contributed by atoms with E-state index in [4.69, 9.17) is 9.47 Å². The average molecular weight is 366 g/mol. The molecule has 140 valence electrons. The summed E-state index contributed by atoms with van der Waals surface area (Å²) in [6, 6.07) is 10.9. The Morgan fingerprint density at radius 1 is 1.00 bits per heavy atom. The Bertz CT molecular complexity index is 917. The Hall–Kier alpha value is -3.28. The molecule has 6 nitrogen and oxygen atoms in total. The van der Waals surface area contributed by atoms with E-state index in [1.807, 2.05) is 44.2 Å². The Kier molecular flexibility index (Phi) is 5.16. The first-order valence-electron chi connectivity index (χ1n) is 8.55. The number of aryl methyl sites for hydroxylation is 2. The molecule has 1 fully saturated rings. The molecule has 2 aromatic rings. The van der Waals surface area contributed by atoms with Crippen molar-refractivity contribution in [1.82, 2.24) is 10.2 Å². The van der Waals surface area contributed by atoms with Gasteiger partial charge in [-0.3, -0.25) is 9.69 Å². The molecular formula is C21H22N2O4. The van der Waals surface area contributed by atoms with Crippen LogP contribution in [0, 0.1) is 13.8 Å². The van der Waals surface area contributed by atoms with Gasteiger partial charge in [0.25, 0.3) is 5.91 Å². The van der Waals surface area contributed by atoms with Crippen LogP contribution in [0.25, 0.3) is 6.08 Å².